The highest BCUT2D eigenvalue weighted by molar-refractivity contribution is 7.89. The van der Waals surface area contributed by atoms with Crippen LogP contribution in [0.2, 0.25) is 0 Å². The minimum atomic E-state index is -3.72. The number of rotatable bonds is 6. The zero-order valence-corrected chi connectivity index (χ0v) is 12.8. The van der Waals surface area contributed by atoms with E-state index < -0.39 is 10.0 Å². The Bertz CT molecular complexity index is 673. The monoisotopic (exact) mass is 313 g/mol. The Balaban J connectivity index is 2.17. The van der Waals surface area contributed by atoms with E-state index in [1.807, 2.05) is 24.4 Å². The van der Waals surface area contributed by atoms with Crippen molar-refractivity contribution in [1.82, 2.24) is 4.31 Å². The molecular formula is C13H15NO4S2. The van der Waals surface area contributed by atoms with Crippen LogP contribution in [-0.2, 0) is 16.4 Å². The molecule has 0 aliphatic rings. The number of sulfonamides is 1. The summed E-state index contributed by atoms with van der Waals surface area (Å²) in [6.07, 6.45) is 1.11. The number of nitrogens with zero attached hydrogens (tertiary/aromatic N) is 1. The summed E-state index contributed by atoms with van der Waals surface area (Å²) in [5.41, 5.74) is 0. The van der Waals surface area contributed by atoms with E-state index in [-0.39, 0.29) is 16.9 Å². The van der Waals surface area contributed by atoms with E-state index in [0.717, 1.165) is 4.88 Å². The van der Waals surface area contributed by atoms with Gasteiger partial charge in [0.2, 0.25) is 5.09 Å². The van der Waals surface area contributed by atoms with Gasteiger partial charge in [0.15, 0.2) is 12.0 Å². The van der Waals surface area contributed by atoms with Crippen molar-refractivity contribution < 1.29 is 17.6 Å². The third-order valence-electron chi connectivity index (χ3n) is 3.05. The van der Waals surface area contributed by atoms with Crippen molar-refractivity contribution >= 4 is 27.6 Å². The highest BCUT2D eigenvalue weighted by Gasteiger charge is 2.28. The van der Waals surface area contributed by atoms with Crippen LogP contribution in [-0.4, -0.2) is 32.1 Å². The summed E-state index contributed by atoms with van der Waals surface area (Å²) in [7, 11) is -2.21. The Kier molecular flexibility index (Phi) is 4.42. The van der Waals surface area contributed by atoms with Crippen LogP contribution in [0.3, 0.4) is 0 Å². The van der Waals surface area contributed by atoms with E-state index in [1.165, 1.54) is 23.5 Å². The fourth-order valence-corrected chi connectivity index (χ4v) is 3.86. The molecule has 0 aliphatic heterocycles. The zero-order chi connectivity index (χ0) is 14.8. The maximum absolute atomic E-state index is 12.4. The Morgan fingerprint density at radius 3 is 2.70 bits per heavy atom. The number of hydrogen-bond acceptors (Lipinski definition) is 5. The van der Waals surface area contributed by atoms with Crippen LogP contribution in [0.15, 0.2) is 39.2 Å². The predicted molar refractivity (Wildman–Crippen MR) is 76.5 cm³/mol. The molecular weight excluding hydrogens is 298 g/mol. The molecule has 20 heavy (non-hydrogen) atoms. The molecule has 0 fully saturated rings. The highest BCUT2D eigenvalue weighted by atomic mass is 32.2. The van der Waals surface area contributed by atoms with Gasteiger partial charge in [0.1, 0.15) is 0 Å². The highest BCUT2D eigenvalue weighted by Crippen LogP contribution is 2.21. The first-order valence-electron chi connectivity index (χ1n) is 6.00. The number of likely N-dealkylation sites (N-methyl/N-ethyl adjacent to an activating group) is 1. The molecule has 0 bridgehead atoms. The van der Waals surface area contributed by atoms with Crippen molar-refractivity contribution in [3.05, 3.63) is 40.3 Å². The molecule has 0 radical (unpaired) electrons. The smallest absolute Gasteiger partial charge is 0.276 e. The molecule has 0 amide bonds. The van der Waals surface area contributed by atoms with Gasteiger partial charge in [0.25, 0.3) is 10.0 Å². The second-order valence-electron chi connectivity index (χ2n) is 4.43. The molecule has 0 aromatic carbocycles. The van der Waals surface area contributed by atoms with Crippen LogP contribution < -0.4 is 0 Å². The van der Waals surface area contributed by atoms with E-state index in [2.05, 4.69) is 0 Å². The van der Waals surface area contributed by atoms with Gasteiger partial charge in [-0.25, -0.2) is 8.42 Å². The largest absolute Gasteiger partial charge is 0.440 e. The van der Waals surface area contributed by atoms with Gasteiger partial charge in [-0.2, -0.15) is 4.31 Å². The second-order valence-corrected chi connectivity index (χ2v) is 7.39. The van der Waals surface area contributed by atoms with Gasteiger partial charge in [-0.15, -0.1) is 11.3 Å². The first-order valence-corrected chi connectivity index (χ1v) is 8.32. The number of carbonyl (C=O) groups excluding carboxylic acids is 1. The quantitative estimate of drug-likeness (QED) is 0.768. The molecule has 1 atom stereocenters. The average molecular weight is 313 g/mol. The van der Waals surface area contributed by atoms with Gasteiger partial charge in [-0.3, -0.25) is 4.79 Å². The summed E-state index contributed by atoms with van der Waals surface area (Å²) < 4.78 is 31.0. The molecule has 7 heteroatoms. The van der Waals surface area contributed by atoms with Gasteiger partial charge in [-0.1, -0.05) is 6.07 Å². The average Bonchev–Trinajstić information content (AvgIpc) is 3.08. The summed E-state index contributed by atoms with van der Waals surface area (Å²) in [6.45, 7) is 1.83. The van der Waals surface area contributed by atoms with Crippen LogP contribution in [0.1, 0.15) is 22.4 Å². The van der Waals surface area contributed by atoms with Crippen LogP contribution in [0.4, 0.5) is 0 Å². The third kappa shape index (κ3) is 3.00. The Labute approximate surface area is 121 Å². The topological polar surface area (TPSA) is 67.6 Å². The van der Waals surface area contributed by atoms with Crippen molar-refractivity contribution in [2.24, 2.45) is 0 Å². The molecule has 0 N–H and O–H groups in total. The van der Waals surface area contributed by atoms with Gasteiger partial charge >= 0.3 is 0 Å². The van der Waals surface area contributed by atoms with Crippen LogP contribution >= 0.6 is 11.3 Å². The minimum absolute atomic E-state index is 0.00267. The summed E-state index contributed by atoms with van der Waals surface area (Å²) in [5, 5.41) is 1.75. The van der Waals surface area contributed by atoms with Crippen molar-refractivity contribution in [1.29, 1.82) is 0 Å². The summed E-state index contributed by atoms with van der Waals surface area (Å²) in [4.78, 5) is 11.7. The lowest BCUT2D eigenvalue weighted by Crippen LogP contribution is -2.36. The van der Waals surface area contributed by atoms with Crippen molar-refractivity contribution in [2.45, 2.75) is 24.5 Å². The number of thiophene rings is 1. The second kappa shape index (κ2) is 5.90. The Hall–Kier alpha value is -1.44. The van der Waals surface area contributed by atoms with Gasteiger partial charge in [-0.05, 0) is 36.9 Å². The predicted octanol–water partition coefficient (Wildman–Crippen LogP) is 2.41. The molecule has 2 aromatic heterocycles. The first-order chi connectivity index (χ1) is 9.45. The van der Waals surface area contributed by atoms with E-state index in [0.29, 0.717) is 12.7 Å². The first kappa shape index (κ1) is 15.0. The van der Waals surface area contributed by atoms with Crippen molar-refractivity contribution in [3.8, 4) is 0 Å². The molecule has 2 rings (SSSR count). The molecule has 0 spiro atoms. The number of aldehydes is 1. The van der Waals surface area contributed by atoms with E-state index in [9.17, 15) is 13.2 Å². The number of carbonyl (C=O) groups is 1. The normalized spacial score (nSPS) is 13.6. The lowest BCUT2D eigenvalue weighted by Gasteiger charge is -2.22. The van der Waals surface area contributed by atoms with Crippen LogP contribution in [0.25, 0.3) is 0 Å². The Morgan fingerprint density at radius 2 is 2.15 bits per heavy atom. The van der Waals surface area contributed by atoms with Crippen LogP contribution in [0.5, 0.6) is 0 Å². The zero-order valence-electron chi connectivity index (χ0n) is 11.1. The van der Waals surface area contributed by atoms with Gasteiger partial charge < -0.3 is 4.42 Å². The fraction of sp³-hybridized carbons (Fsp3) is 0.308. The minimum Gasteiger partial charge on any atom is -0.440 e. The summed E-state index contributed by atoms with van der Waals surface area (Å²) >= 11 is 1.59. The standard InChI is InChI=1S/C13H15NO4S2/c1-10(8-12-4-3-7-19-12)14(2)20(16,17)13-6-5-11(9-15)18-13/h3-7,9-10H,8H2,1-2H3. The van der Waals surface area contributed by atoms with Gasteiger partial charge in [0.05, 0.1) is 0 Å². The summed E-state index contributed by atoms with van der Waals surface area (Å²) in [6, 6.07) is 6.34. The third-order valence-corrected chi connectivity index (χ3v) is 5.79. The Morgan fingerprint density at radius 1 is 1.40 bits per heavy atom. The van der Waals surface area contributed by atoms with Gasteiger partial charge in [0, 0.05) is 18.0 Å². The summed E-state index contributed by atoms with van der Waals surface area (Å²) in [5.74, 6) is 0.00267. The molecule has 0 aliphatic carbocycles. The van der Waals surface area contributed by atoms with Crippen molar-refractivity contribution in [3.63, 3.8) is 0 Å². The molecule has 0 saturated carbocycles. The van der Waals surface area contributed by atoms with E-state index in [4.69, 9.17) is 4.42 Å². The maximum atomic E-state index is 12.4. The lowest BCUT2D eigenvalue weighted by molar-refractivity contribution is 0.109. The van der Waals surface area contributed by atoms with E-state index in [1.54, 1.807) is 11.3 Å². The molecule has 108 valence electrons. The molecule has 2 aromatic rings. The maximum Gasteiger partial charge on any atom is 0.276 e. The van der Waals surface area contributed by atoms with Crippen molar-refractivity contribution in [2.75, 3.05) is 7.05 Å². The van der Waals surface area contributed by atoms with E-state index >= 15 is 0 Å². The molecule has 2 heterocycles. The molecule has 1 unspecified atom stereocenters. The van der Waals surface area contributed by atoms with Crippen LogP contribution in [0, 0.1) is 0 Å². The number of furan rings is 1. The lowest BCUT2D eigenvalue weighted by atomic mass is 10.2. The SMILES string of the molecule is CC(Cc1cccs1)N(C)S(=O)(=O)c1ccc(C=O)o1. The number of hydrogen-bond donors (Lipinski definition) is 0. The molecule has 0 saturated heterocycles. The fourth-order valence-electron chi connectivity index (χ4n) is 1.76. The molecule has 5 nitrogen and oxygen atoms in total.